The lowest BCUT2D eigenvalue weighted by atomic mass is 10.1. The summed E-state index contributed by atoms with van der Waals surface area (Å²) in [5, 5.41) is 0. The van der Waals surface area contributed by atoms with Crippen molar-refractivity contribution in [3.63, 3.8) is 0 Å². The van der Waals surface area contributed by atoms with Crippen molar-refractivity contribution >= 4 is 12.2 Å². The highest BCUT2D eigenvalue weighted by molar-refractivity contribution is 5.70. The maximum Gasteiger partial charge on any atom is 0.127 e. The van der Waals surface area contributed by atoms with Gasteiger partial charge in [0.25, 0.3) is 0 Å². The third-order valence-electron chi connectivity index (χ3n) is 5.36. The van der Waals surface area contributed by atoms with Gasteiger partial charge >= 0.3 is 0 Å². The molecule has 0 aromatic heterocycles. The highest BCUT2D eigenvalue weighted by atomic mass is 16.5. The topological polar surface area (TPSA) is 18.5 Å². The highest BCUT2D eigenvalue weighted by Gasteiger charge is 1.99. The van der Waals surface area contributed by atoms with Crippen LogP contribution in [0.25, 0.3) is 12.2 Å². The fourth-order valence-corrected chi connectivity index (χ4v) is 3.34. The quantitative estimate of drug-likeness (QED) is 0.266. The monoisotopic (exact) mass is 420 g/mol. The lowest BCUT2D eigenvalue weighted by Gasteiger charge is -2.07. The molecule has 4 aromatic carbocycles. The molecule has 0 spiro atoms. The fourth-order valence-electron chi connectivity index (χ4n) is 3.34. The summed E-state index contributed by atoms with van der Waals surface area (Å²) in [5.74, 6) is 3.38. The lowest BCUT2D eigenvalue weighted by molar-refractivity contribution is 0.482. The molecule has 0 radical (unpaired) electrons. The van der Waals surface area contributed by atoms with Gasteiger partial charge in [-0.15, -0.1) is 0 Å². The molecule has 0 aliphatic carbocycles. The summed E-state index contributed by atoms with van der Waals surface area (Å²) in [6.07, 6.45) is 6.26. The lowest BCUT2D eigenvalue weighted by Crippen LogP contribution is -1.86. The summed E-state index contributed by atoms with van der Waals surface area (Å²) in [6.45, 7) is 4.30. The predicted octanol–water partition coefficient (Wildman–Crippen LogP) is 8.57. The van der Waals surface area contributed by atoms with Gasteiger partial charge in [-0.3, -0.25) is 0 Å². The number of benzene rings is 4. The predicted molar refractivity (Wildman–Crippen MR) is 134 cm³/mol. The number of aryl methyl sites for hydroxylation is 2. The molecule has 0 N–H and O–H groups in total. The van der Waals surface area contributed by atoms with Crippen LogP contribution >= 0.6 is 0 Å². The van der Waals surface area contributed by atoms with Crippen LogP contribution in [0.15, 0.2) is 97.1 Å². The van der Waals surface area contributed by atoms with E-state index < -0.39 is 0 Å². The molecule has 0 fully saturated rings. The molecule has 160 valence electrons. The second kappa shape index (κ2) is 10.5. The molecule has 4 rings (SSSR count). The minimum absolute atomic E-state index is 0.833. The van der Waals surface area contributed by atoms with E-state index in [9.17, 15) is 0 Å². The van der Waals surface area contributed by atoms with Crippen molar-refractivity contribution < 1.29 is 9.47 Å². The van der Waals surface area contributed by atoms with Gasteiger partial charge in [0.15, 0.2) is 0 Å². The van der Waals surface area contributed by atoms with Crippen LogP contribution in [0.4, 0.5) is 0 Å². The van der Waals surface area contributed by atoms with Crippen LogP contribution in [0, 0.1) is 0 Å². The second-order valence-electron chi connectivity index (χ2n) is 7.67. The van der Waals surface area contributed by atoms with E-state index in [4.69, 9.17) is 9.47 Å². The normalized spacial score (nSPS) is 10.9. The summed E-state index contributed by atoms with van der Waals surface area (Å²) >= 11 is 0. The standard InChI is InChI=1S/C30H28O2/c1-3-23-7-15-27(16-8-23)31-29-19-11-25(12-20-29)5-6-26-13-21-30(22-14-26)32-28-17-9-24(4-2)10-18-28/h5-22H,3-4H2,1-2H3/b6-5+. The van der Waals surface area contributed by atoms with Crippen LogP contribution in [0.1, 0.15) is 36.1 Å². The van der Waals surface area contributed by atoms with E-state index in [1.165, 1.54) is 11.1 Å². The molecule has 32 heavy (non-hydrogen) atoms. The molecule has 0 saturated heterocycles. The van der Waals surface area contributed by atoms with Gasteiger partial charge in [-0.2, -0.15) is 0 Å². The molecule has 0 saturated carbocycles. The maximum absolute atomic E-state index is 5.93. The summed E-state index contributed by atoms with van der Waals surface area (Å²) in [5.41, 5.74) is 4.86. The van der Waals surface area contributed by atoms with Crippen molar-refractivity contribution in [2.75, 3.05) is 0 Å². The van der Waals surface area contributed by atoms with Gasteiger partial charge in [-0.1, -0.05) is 74.5 Å². The molecule has 2 heteroatoms. The SMILES string of the molecule is CCc1ccc(Oc2ccc(/C=C/c3ccc(Oc4ccc(CC)cc4)cc3)cc2)cc1. The van der Waals surface area contributed by atoms with E-state index in [1.807, 2.05) is 48.5 Å². The Morgan fingerprint density at radius 1 is 0.438 bits per heavy atom. The Balaban J connectivity index is 1.34. The van der Waals surface area contributed by atoms with E-state index >= 15 is 0 Å². The minimum atomic E-state index is 0.833. The molecule has 0 amide bonds. The first-order valence-corrected chi connectivity index (χ1v) is 11.1. The van der Waals surface area contributed by atoms with Gasteiger partial charge in [0.1, 0.15) is 23.0 Å². The van der Waals surface area contributed by atoms with E-state index in [1.54, 1.807) is 0 Å². The summed E-state index contributed by atoms with van der Waals surface area (Å²) < 4.78 is 11.9. The molecular formula is C30H28O2. The summed E-state index contributed by atoms with van der Waals surface area (Å²) in [4.78, 5) is 0. The zero-order chi connectivity index (χ0) is 22.2. The fraction of sp³-hybridized carbons (Fsp3) is 0.133. The first-order chi connectivity index (χ1) is 15.7. The number of rotatable bonds is 8. The smallest absolute Gasteiger partial charge is 0.127 e. The molecule has 2 nitrogen and oxygen atoms in total. The van der Waals surface area contributed by atoms with Crippen LogP contribution in [0.5, 0.6) is 23.0 Å². The van der Waals surface area contributed by atoms with Gasteiger partial charge in [-0.25, -0.2) is 0 Å². The molecular weight excluding hydrogens is 392 g/mol. The van der Waals surface area contributed by atoms with Crippen molar-refractivity contribution in [1.29, 1.82) is 0 Å². The van der Waals surface area contributed by atoms with Gasteiger partial charge in [0.2, 0.25) is 0 Å². The maximum atomic E-state index is 5.93. The largest absolute Gasteiger partial charge is 0.457 e. The van der Waals surface area contributed by atoms with E-state index in [0.717, 1.165) is 47.0 Å². The van der Waals surface area contributed by atoms with Gasteiger partial charge < -0.3 is 9.47 Å². The zero-order valence-electron chi connectivity index (χ0n) is 18.6. The average molecular weight is 421 g/mol. The minimum Gasteiger partial charge on any atom is -0.457 e. The third kappa shape index (κ3) is 5.89. The van der Waals surface area contributed by atoms with Crippen LogP contribution < -0.4 is 9.47 Å². The van der Waals surface area contributed by atoms with Crippen molar-refractivity contribution in [3.05, 3.63) is 119 Å². The molecule has 0 atom stereocenters. The number of hydrogen-bond donors (Lipinski definition) is 0. The molecule has 0 heterocycles. The number of hydrogen-bond acceptors (Lipinski definition) is 2. The molecule has 0 aliphatic rings. The average Bonchev–Trinajstić information content (AvgIpc) is 2.85. The van der Waals surface area contributed by atoms with Crippen LogP contribution in [0.2, 0.25) is 0 Å². The Bertz CT molecular complexity index is 1040. The first-order valence-electron chi connectivity index (χ1n) is 11.1. The summed E-state index contributed by atoms with van der Waals surface area (Å²) in [6, 6.07) is 32.7. The molecule has 0 aliphatic heterocycles. The van der Waals surface area contributed by atoms with Crippen LogP contribution in [-0.4, -0.2) is 0 Å². The van der Waals surface area contributed by atoms with Crippen molar-refractivity contribution in [3.8, 4) is 23.0 Å². The Hall–Kier alpha value is -3.78. The van der Waals surface area contributed by atoms with E-state index in [2.05, 4.69) is 74.5 Å². The van der Waals surface area contributed by atoms with Gasteiger partial charge in [0.05, 0.1) is 0 Å². The highest BCUT2D eigenvalue weighted by Crippen LogP contribution is 2.24. The van der Waals surface area contributed by atoms with Gasteiger partial charge in [0, 0.05) is 0 Å². The molecule has 4 aromatic rings. The second-order valence-corrected chi connectivity index (χ2v) is 7.67. The third-order valence-corrected chi connectivity index (χ3v) is 5.36. The molecule has 0 unspecified atom stereocenters. The Morgan fingerprint density at radius 3 is 1.00 bits per heavy atom. The van der Waals surface area contributed by atoms with Crippen molar-refractivity contribution in [2.45, 2.75) is 26.7 Å². The van der Waals surface area contributed by atoms with Crippen molar-refractivity contribution in [1.82, 2.24) is 0 Å². The first kappa shape index (κ1) is 21.5. The molecule has 0 bridgehead atoms. The Labute approximate surface area is 190 Å². The van der Waals surface area contributed by atoms with Crippen LogP contribution in [-0.2, 0) is 12.8 Å². The number of ether oxygens (including phenoxy) is 2. The van der Waals surface area contributed by atoms with Crippen molar-refractivity contribution in [2.24, 2.45) is 0 Å². The van der Waals surface area contributed by atoms with Gasteiger partial charge in [-0.05, 0) is 83.6 Å². The summed E-state index contributed by atoms with van der Waals surface area (Å²) in [7, 11) is 0. The van der Waals surface area contributed by atoms with E-state index in [0.29, 0.717) is 0 Å². The van der Waals surface area contributed by atoms with E-state index in [-0.39, 0.29) is 0 Å². The zero-order valence-corrected chi connectivity index (χ0v) is 18.6. The van der Waals surface area contributed by atoms with Crippen LogP contribution in [0.3, 0.4) is 0 Å². The Morgan fingerprint density at radius 2 is 0.719 bits per heavy atom. The Kier molecular flexibility index (Phi) is 7.04.